The lowest BCUT2D eigenvalue weighted by Gasteiger charge is -2.09. The van der Waals surface area contributed by atoms with Crippen molar-refractivity contribution in [3.05, 3.63) is 41.4 Å². The second-order valence-corrected chi connectivity index (χ2v) is 6.35. The highest BCUT2D eigenvalue weighted by molar-refractivity contribution is 5.94. The summed E-state index contributed by atoms with van der Waals surface area (Å²) in [5.41, 5.74) is -0.957. The molecule has 204 valence electrons. The molecule has 0 bridgehead atoms. The van der Waals surface area contributed by atoms with Crippen molar-refractivity contribution in [2.24, 2.45) is 0 Å². The Morgan fingerprint density at radius 1 is 0.917 bits per heavy atom. The molecule has 0 fully saturated rings. The highest BCUT2D eigenvalue weighted by atomic mass is 19.4. The van der Waals surface area contributed by atoms with E-state index in [-0.39, 0.29) is 36.7 Å². The number of ether oxygens (including phenoxy) is 3. The summed E-state index contributed by atoms with van der Waals surface area (Å²) in [5, 5.41) is 0. The van der Waals surface area contributed by atoms with Crippen LogP contribution in [0.5, 0.6) is 0 Å². The van der Waals surface area contributed by atoms with Crippen LogP contribution in [0, 0.1) is 6.92 Å². The zero-order valence-corrected chi connectivity index (χ0v) is 20.2. The van der Waals surface area contributed by atoms with Gasteiger partial charge in [-0.05, 0) is 46.8 Å². The van der Waals surface area contributed by atoms with Gasteiger partial charge in [-0.1, -0.05) is 0 Å². The molecule has 0 saturated carbocycles. The molecular weight excluding hydrogens is 504 g/mol. The van der Waals surface area contributed by atoms with Gasteiger partial charge in [0.25, 0.3) is 5.78 Å². The van der Waals surface area contributed by atoms with Gasteiger partial charge in [-0.25, -0.2) is 9.78 Å². The van der Waals surface area contributed by atoms with Crippen LogP contribution in [0.25, 0.3) is 0 Å². The summed E-state index contributed by atoms with van der Waals surface area (Å²) in [7, 11) is 0. The minimum atomic E-state index is -4.80. The fraction of sp³-hybridized carbons (Fsp3) is 0.500. The first kappa shape index (κ1) is 34.7. The highest BCUT2D eigenvalue weighted by Gasteiger charge is 2.36. The zero-order chi connectivity index (χ0) is 28.5. The number of carbonyl (C=O) groups is 4. The molecule has 1 rings (SSSR count). The molecule has 36 heavy (non-hydrogen) atoms. The van der Waals surface area contributed by atoms with E-state index in [2.05, 4.69) is 19.2 Å². The molecule has 0 atom stereocenters. The summed E-state index contributed by atoms with van der Waals surface area (Å²) < 4.78 is 84.6. The first-order valence-corrected chi connectivity index (χ1v) is 10.3. The van der Waals surface area contributed by atoms with E-state index in [4.69, 9.17) is 0 Å². The van der Waals surface area contributed by atoms with Crippen molar-refractivity contribution in [3.63, 3.8) is 0 Å². The number of allylic oxidation sites excluding steroid dienone is 1. The van der Waals surface area contributed by atoms with E-state index in [0.29, 0.717) is 12.7 Å². The van der Waals surface area contributed by atoms with Crippen LogP contribution < -0.4 is 0 Å². The standard InChI is InChI=1S/C10H10F3NO2.C6H7F3O2.C6H10O3/c1-3-16-9(15)7-4-5-8(10(11,12)13)14-6(7)2;1-2-11-4-3-5(10)6(7,8)9;1-3-9-6(8)4-5(2)7/h4-5H,3H2,1-2H3;3-4H,2H2,1H3;3-4H2,1-2H3/b;4-3+;. The molecule has 0 N–H and O–H groups in total. The average Bonchev–Trinajstić information content (AvgIpc) is 2.73. The molecule has 0 saturated heterocycles. The molecule has 14 heteroatoms. The van der Waals surface area contributed by atoms with Gasteiger partial charge < -0.3 is 14.2 Å². The minimum Gasteiger partial charge on any atom is -0.501 e. The third-order valence-electron chi connectivity index (χ3n) is 3.33. The predicted octanol–water partition coefficient (Wildman–Crippen LogP) is 4.78. The topological polar surface area (TPSA) is 109 Å². The van der Waals surface area contributed by atoms with Gasteiger partial charge in [0, 0.05) is 6.08 Å². The van der Waals surface area contributed by atoms with Gasteiger partial charge in [0.05, 0.1) is 37.3 Å². The molecule has 0 amide bonds. The summed E-state index contributed by atoms with van der Waals surface area (Å²) in [5.74, 6) is -3.18. The van der Waals surface area contributed by atoms with Gasteiger partial charge in [-0.15, -0.1) is 0 Å². The van der Waals surface area contributed by atoms with Crippen LogP contribution in [0.3, 0.4) is 0 Å². The lowest BCUT2D eigenvalue weighted by molar-refractivity contribution is -0.165. The Morgan fingerprint density at radius 2 is 1.47 bits per heavy atom. The Morgan fingerprint density at radius 3 is 1.86 bits per heavy atom. The number of hydrogen-bond donors (Lipinski definition) is 0. The Kier molecular flexibility index (Phi) is 16.4. The number of rotatable bonds is 8. The number of aryl methyl sites for hydroxylation is 1. The number of pyridine rings is 1. The van der Waals surface area contributed by atoms with E-state index in [1.165, 1.54) is 13.8 Å². The molecule has 1 aromatic rings. The average molecular weight is 531 g/mol. The molecule has 0 aliphatic heterocycles. The SMILES string of the molecule is CCO/C=C/C(=O)C(F)(F)F.CCOC(=O)CC(C)=O.CCOC(=O)c1ccc(C(F)(F)F)nc1C. The molecule has 1 heterocycles. The fourth-order valence-corrected chi connectivity index (χ4v) is 1.86. The maximum Gasteiger partial charge on any atom is 0.454 e. The normalized spacial score (nSPS) is 10.9. The summed E-state index contributed by atoms with van der Waals surface area (Å²) in [6.45, 7) is 8.36. The first-order chi connectivity index (χ1) is 16.5. The second-order valence-electron chi connectivity index (χ2n) is 6.35. The number of carbonyl (C=O) groups excluding carboxylic acids is 4. The van der Waals surface area contributed by atoms with E-state index in [1.807, 2.05) is 0 Å². The Balaban J connectivity index is 0. The number of aromatic nitrogens is 1. The number of Topliss-reactive ketones (excluding diaryl/α,β-unsaturated/α-hetero) is 1. The summed E-state index contributed by atoms with van der Waals surface area (Å²) >= 11 is 0. The largest absolute Gasteiger partial charge is 0.501 e. The summed E-state index contributed by atoms with van der Waals surface area (Å²) in [6.07, 6.45) is -8.32. The van der Waals surface area contributed by atoms with Crippen molar-refractivity contribution < 1.29 is 59.7 Å². The lowest BCUT2D eigenvalue weighted by atomic mass is 10.2. The Bertz CT molecular complexity index is 896. The maximum absolute atomic E-state index is 12.3. The van der Waals surface area contributed by atoms with Crippen molar-refractivity contribution >= 4 is 23.5 Å². The molecule has 1 aromatic heterocycles. The number of esters is 2. The number of nitrogens with zero attached hydrogens (tertiary/aromatic N) is 1. The van der Waals surface area contributed by atoms with Crippen molar-refractivity contribution in [1.29, 1.82) is 0 Å². The van der Waals surface area contributed by atoms with E-state index in [9.17, 15) is 45.5 Å². The van der Waals surface area contributed by atoms with Crippen LogP contribution in [0.4, 0.5) is 26.3 Å². The van der Waals surface area contributed by atoms with Gasteiger partial charge in [0.15, 0.2) is 0 Å². The van der Waals surface area contributed by atoms with E-state index in [0.717, 1.165) is 18.4 Å². The summed E-state index contributed by atoms with van der Waals surface area (Å²) in [4.78, 5) is 45.3. The molecule has 0 radical (unpaired) electrons. The van der Waals surface area contributed by atoms with Gasteiger partial charge in [0.1, 0.15) is 17.9 Å². The molecule has 0 aliphatic carbocycles. The Labute approximate surface area is 203 Å². The monoisotopic (exact) mass is 531 g/mol. The van der Waals surface area contributed by atoms with E-state index in [1.54, 1.807) is 20.8 Å². The molecule has 0 unspecified atom stereocenters. The third-order valence-corrected chi connectivity index (χ3v) is 3.33. The highest BCUT2D eigenvalue weighted by Crippen LogP contribution is 2.28. The molecule has 8 nitrogen and oxygen atoms in total. The van der Waals surface area contributed by atoms with Crippen molar-refractivity contribution in [1.82, 2.24) is 4.98 Å². The van der Waals surface area contributed by atoms with Crippen molar-refractivity contribution in [2.45, 2.75) is 53.4 Å². The Hall–Kier alpha value is -3.45. The van der Waals surface area contributed by atoms with Crippen molar-refractivity contribution in [2.75, 3.05) is 19.8 Å². The second kappa shape index (κ2) is 17.1. The number of ketones is 2. The first-order valence-electron chi connectivity index (χ1n) is 10.3. The fourth-order valence-electron chi connectivity index (χ4n) is 1.86. The van der Waals surface area contributed by atoms with Crippen LogP contribution in [0.1, 0.15) is 55.9 Å². The van der Waals surface area contributed by atoms with Gasteiger partial charge in [0.2, 0.25) is 0 Å². The van der Waals surface area contributed by atoms with Crippen LogP contribution in [0.2, 0.25) is 0 Å². The van der Waals surface area contributed by atoms with Crippen LogP contribution in [-0.2, 0) is 34.8 Å². The quantitative estimate of drug-likeness (QED) is 0.155. The molecule has 0 spiro atoms. The van der Waals surface area contributed by atoms with E-state index >= 15 is 0 Å². The van der Waals surface area contributed by atoms with Crippen LogP contribution in [0.15, 0.2) is 24.5 Å². The maximum atomic E-state index is 12.3. The smallest absolute Gasteiger partial charge is 0.454 e. The number of alkyl halides is 6. The number of hydrogen-bond acceptors (Lipinski definition) is 8. The number of halogens is 6. The predicted molar refractivity (Wildman–Crippen MR) is 114 cm³/mol. The van der Waals surface area contributed by atoms with Crippen LogP contribution in [-0.4, -0.2) is 54.5 Å². The van der Waals surface area contributed by atoms with Gasteiger partial charge >= 0.3 is 24.3 Å². The van der Waals surface area contributed by atoms with Gasteiger partial charge in [-0.2, -0.15) is 26.3 Å². The van der Waals surface area contributed by atoms with E-state index < -0.39 is 35.8 Å². The van der Waals surface area contributed by atoms with Gasteiger partial charge in [-0.3, -0.25) is 14.4 Å². The molecule has 0 aliphatic rings. The lowest BCUT2D eigenvalue weighted by Crippen LogP contribution is -2.19. The minimum absolute atomic E-state index is 0.00766. The molecule has 0 aromatic carbocycles. The third kappa shape index (κ3) is 16.2. The van der Waals surface area contributed by atoms with Crippen LogP contribution >= 0.6 is 0 Å². The summed E-state index contributed by atoms with van der Waals surface area (Å²) in [6, 6.07) is 1.84. The molecular formula is C22H27F6NO7. The zero-order valence-electron chi connectivity index (χ0n) is 20.2. The van der Waals surface area contributed by atoms with Crippen molar-refractivity contribution in [3.8, 4) is 0 Å².